The molecule has 0 saturated heterocycles. The number of benzene rings is 8. The molecule has 11 aromatic rings. The Morgan fingerprint density at radius 3 is 1.75 bits per heavy atom. The van der Waals surface area contributed by atoms with Gasteiger partial charge in [-0.05, 0) is 70.3 Å². The van der Waals surface area contributed by atoms with Crippen LogP contribution in [0.5, 0.6) is 0 Å². The van der Waals surface area contributed by atoms with Crippen LogP contribution >= 0.6 is 0 Å². The number of rotatable bonds is 6. The quantitative estimate of drug-likeness (QED) is 0.172. The highest BCUT2D eigenvalue weighted by Gasteiger charge is 2.22. The summed E-state index contributed by atoms with van der Waals surface area (Å²) in [6, 6.07) is 70.2. The van der Waals surface area contributed by atoms with Gasteiger partial charge < -0.3 is 4.42 Å². The first-order valence-corrected chi connectivity index (χ1v) is 18.9. The molecule has 0 amide bonds. The summed E-state index contributed by atoms with van der Waals surface area (Å²) in [5, 5.41) is 4.34. The van der Waals surface area contributed by atoms with Crippen molar-refractivity contribution in [2.75, 3.05) is 0 Å². The standard InChI is InChI=1S/C52H33N3O/c1-3-15-34(16-4-1)35-17-11-18-36(31-35)37-19-12-21-39(32-37)49-48-45-26-7-9-29-46(45)55(41-23-5-2-6-24-41)52(48)54-51(53-49)40-22-13-20-38(33-40)42-27-14-28-44-43-25-8-10-30-47(43)56-50(42)44/h1-33H. The Morgan fingerprint density at radius 1 is 0.393 bits per heavy atom. The Bertz CT molecular complexity index is 3250. The third-order valence-electron chi connectivity index (χ3n) is 10.8. The van der Waals surface area contributed by atoms with Crippen molar-refractivity contribution < 1.29 is 4.42 Å². The zero-order valence-electron chi connectivity index (χ0n) is 30.3. The Labute approximate surface area is 323 Å². The topological polar surface area (TPSA) is 43.9 Å². The highest BCUT2D eigenvalue weighted by molar-refractivity contribution is 6.14. The van der Waals surface area contributed by atoms with Gasteiger partial charge in [-0.3, -0.25) is 4.57 Å². The smallest absolute Gasteiger partial charge is 0.162 e. The van der Waals surface area contributed by atoms with Crippen LogP contribution in [0.3, 0.4) is 0 Å². The Morgan fingerprint density at radius 2 is 0.946 bits per heavy atom. The van der Waals surface area contributed by atoms with Gasteiger partial charge in [0.05, 0.1) is 16.6 Å². The Balaban J connectivity index is 1.14. The molecule has 0 spiro atoms. The molecular weight excluding hydrogens is 683 g/mol. The Hall–Kier alpha value is -7.56. The van der Waals surface area contributed by atoms with Crippen molar-refractivity contribution in [3.05, 3.63) is 200 Å². The number of aromatic nitrogens is 3. The number of hydrogen-bond donors (Lipinski definition) is 0. The van der Waals surface area contributed by atoms with Crippen LogP contribution in [0.4, 0.5) is 0 Å². The van der Waals surface area contributed by atoms with E-state index in [-0.39, 0.29) is 0 Å². The molecule has 0 radical (unpaired) electrons. The van der Waals surface area contributed by atoms with Gasteiger partial charge in [0.15, 0.2) is 5.82 Å². The summed E-state index contributed by atoms with van der Waals surface area (Å²) in [7, 11) is 0. The minimum Gasteiger partial charge on any atom is -0.455 e. The molecule has 0 aliphatic carbocycles. The molecule has 0 bridgehead atoms. The van der Waals surface area contributed by atoms with Crippen LogP contribution in [0.25, 0.3) is 106 Å². The van der Waals surface area contributed by atoms with Crippen LogP contribution in [0.1, 0.15) is 0 Å². The first-order valence-electron chi connectivity index (χ1n) is 18.9. The summed E-state index contributed by atoms with van der Waals surface area (Å²) in [6.45, 7) is 0. The van der Waals surface area contributed by atoms with E-state index in [0.29, 0.717) is 5.82 Å². The second kappa shape index (κ2) is 13.1. The van der Waals surface area contributed by atoms with E-state index >= 15 is 0 Å². The molecule has 0 N–H and O–H groups in total. The molecule has 3 heterocycles. The largest absolute Gasteiger partial charge is 0.455 e. The number of para-hydroxylation sites is 4. The number of hydrogen-bond acceptors (Lipinski definition) is 3. The van der Waals surface area contributed by atoms with Crippen molar-refractivity contribution in [2.45, 2.75) is 0 Å². The van der Waals surface area contributed by atoms with Gasteiger partial charge in [0, 0.05) is 38.5 Å². The summed E-state index contributed by atoms with van der Waals surface area (Å²) in [6.07, 6.45) is 0. The first-order chi connectivity index (χ1) is 27.8. The molecule has 0 fully saturated rings. The molecule has 0 aliphatic heterocycles. The summed E-state index contributed by atoms with van der Waals surface area (Å²) in [5.74, 6) is 0.655. The molecule has 0 saturated carbocycles. The highest BCUT2D eigenvalue weighted by atomic mass is 16.3. The maximum atomic E-state index is 6.46. The summed E-state index contributed by atoms with van der Waals surface area (Å²) in [5.41, 5.74) is 14.3. The van der Waals surface area contributed by atoms with Crippen molar-refractivity contribution in [3.8, 4) is 61.7 Å². The normalized spacial score (nSPS) is 11.6. The van der Waals surface area contributed by atoms with Crippen molar-refractivity contribution in [1.29, 1.82) is 0 Å². The summed E-state index contributed by atoms with van der Waals surface area (Å²) in [4.78, 5) is 10.9. The lowest BCUT2D eigenvalue weighted by Crippen LogP contribution is -1.99. The Kier molecular flexibility index (Phi) is 7.46. The predicted molar refractivity (Wildman–Crippen MR) is 231 cm³/mol. The van der Waals surface area contributed by atoms with Gasteiger partial charge in [0.25, 0.3) is 0 Å². The zero-order valence-corrected chi connectivity index (χ0v) is 30.3. The van der Waals surface area contributed by atoms with E-state index in [1.165, 1.54) is 11.1 Å². The van der Waals surface area contributed by atoms with Crippen molar-refractivity contribution in [3.63, 3.8) is 0 Å². The lowest BCUT2D eigenvalue weighted by molar-refractivity contribution is 0.670. The fourth-order valence-electron chi connectivity index (χ4n) is 8.18. The molecule has 8 aromatic carbocycles. The number of fused-ring (bicyclic) bond motifs is 6. The minimum atomic E-state index is 0.655. The summed E-state index contributed by atoms with van der Waals surface area (Å²) >= 11 is 0. The highest BCUT2D eigenvalue weighted by Crippen LogP contribution is 2.41. The second-order valence-corrected chi connectivity index (χ2v) is 14.2. The molecule has 4 heteroatoms. The molecule has 262 valence electrons. The van der Waals surface area contributed by atoms with Gasteiger partial charge >= 0.3 is 0 Å². The predicted octanol–water partition coefficient (Wildman–Crippen LogP) is 13.8. The third-order valence-corrected chi connectivity index (χ3v) is 10.8. The van der Waals surface area contributed by atoms with E-state index in [2.05, 4.69) is 193 Å². The van der Waals surface area contributed by atoms with Gasteiger partial charge in [0.1, 0.15) is 16.8 Å². The maximum Gasteiger partial charge on any atom is 0.162 e. The maximum absolute atomic E-state index is 6.46. The minimum absolute atomic E-state index is 0.655. The SMILES string of the molecule is c1ccc(-c2cccc(-c3cccc(-c4nc(-c5cccc(-c6cccc7c6oc6ccccc67)c5)nc5c4c4ccccc4n5-c4ccccc4)c3)c2)cc1. The molecule has 4 nitrogen and oxygen atoms in total. The molecule has 0 unspecified atom stereocenters. The van der Waals surface area contributed by atoms with E-state index in [9.17, 15) is 0 Å². The first kappa shape index (κ1) is 31.9. The van der Waals surface area contributed by atoms with Gasteiger partial charge in [-0.15, -0.1) is 0 Å². The average Bonchev–Trinajstić information content (AvgIpc) is 3.83. The second-order valence-electron chi connectivity index (χ2n) is 14.2. The van der Waals surface area contributed by atoms with E-state index in [1.54, 1.807) is 0 Å². The monoisotopic (exact) mass is 715 g/mol. The van der Waals surface area contributed by atoms with Crippen LogP contribution in [0, 0.1) is 0 Å². The van der Waals surface area contributed by atoms with E-state index in [4.69, 9.17) is 14.4 Å². The molecule has 0 aliphatic rings. The van der Waals surface area contributed by atoms with E-state index in [0.717, 1.165) is 88.6 Å². The molecule has 56 heavy (non-hydrogen) atoms. The van der Waals surface area contributed by atoms with E-state index < -0.39 is 0 Å². The molecule has 3 aromatic heterocycles. The zero-order chi connectivity index (χ0) is 37.0. The molecule has 11 rings (SSSR count). The van der Waals surface area contributed by atoms with Gasteiger partial charge in [0.2, 0.25) is 0 Å². The average molecular weight is 716 g/mol. The number of furan rings is 1. The van der Waals surface area contributed by atoms with Gasteiger partial charge in [-0.1, -0.05) is 158 Å². The van der Waals surface area contributed by atoms with Gasteiger partial charge in [-0.25, -0.2) is 9.97 Å². The summed E-state index contributed by atoms with van der Waals surface area (Å²) < 4.78 is 8.73. The molecule has 0 atom stereocenters. The van der Waals surface area contributed by atoms with Crippen LogP contribution in [-0.2, 0) is 0 Å². The van der Waals surface area contributed by atoms with Crippen LogP contribution in [0.2, 0.25) is 0 Å². The lowest BCUT2D eigenvalue weighted by atomic mass is 9.96. The van der Waals surface area contributed by atoms with Crippen LogP contribution in [0.15, 0.2) is 205 Å². The molecular formula is C52H33N3O. The fraction of sp³-hybridized carbons (Fsp3) is 0. The van der Waals surface area contributed by atoms with Gasteiger partial charge in [-0.2, -0.15) is 0 Å². The van der Waals surface area contributed by atoms with Crippen molar-refractivity contribution >= 4 is 43.9 Å². The lowest BCUT2D eigenvalue weighted by Gasteiger charge is -2.12. The van der Waals surface area contributed by atoms with Crippen LogP contribution in [-0.4, -0.2) is 14.5 Å². The van der Waals surface area contributed by atoms with Crippen LogP contribution < -0.4 is 0 Å². The number of nitrogens with zero attached hydrogens (tertiary/aromatic N) is 3. The fourth-order valence-corrected chi connectivity index (χ4v) is 8.18. The van der Waals surface area contributed by atoms with Crippen molar-refractivity contribution in [1.82, 2.24) is 14.5 Å². The van der Waals surface area contributed by atoms with Crippen molar-refractivity contribution in [2.24, 2.45) is 0 Å². The van der Waals surface area contributed by atoms with E-state index in [1.807, 2.05) is 12.1 Å². The third kappa shape index (κ3) is 5.31.